The fourth-order valence-electron chi connectivity index (χ4n) is 4.78. The van der Waals surface area contributed by atoms with E-state index in [-0.39, 0.29) is 23.8 Å². The maximum Gasteiger partial charge on any atom is 0.348 e. The molecule has 0 aliphatic carbocycles. The second-order valence-corrected chi connectivity index (χ2v) is 11.1. The Kier molecular flexibility index (Phi) is 7.95. The van der Waals surface area contributed by atoms with Crippen molar-refractivity contribution in [3.8, 4) is 0 Å². The van der Waals surface area contributed by atoms with Crippen molar-refractivity contribution in [2.75, 3.05) is 23.8 Å². The number of nitrogens with zero attached hydrogens (tertiary/aromatic N) is 3. The van der Waals surface area contributed by atoms with E-state index in [0.717, 1.165) is 24.1 Å². The average Bonchev–Trinajstić information content (AvgIpc) is 3.28. The number of carbonyl (C=O) groups is 2. The number of amides is 1. The Morgan fingerprint density at radius 1 is 1.11 bits per heavy atom. The molecule has 1 amide bonds. The summed E-state index contributed by atoms with van der Waals surface area (Å²) in [7, 11) is 0. The van der Waals surface area contributed by atoms with Crippen molar-refractivity contribution in [1.82, 2.24) is 9.55 Å². The zero-order valence-electron chi connectivity index (χ0n) is 21.4. The summed E-state index contributed by atoms with van der Waals surface area (Å²) in [5.41, 5.74) is 3.63. The molecule has 196 valence electrons. The van der Waals surface area contributed by atoms with Gasteiger partial charge in [-0.2, -0.15) is 0 Å². The smallest absolute Gasteiger partial charge is 0.348 e. The molecule has 0 saturated carbocycles. The van der Waals surface area contributed by atoms with Crippen molar-refractivity contribution in [3.63, 3.8) is 0 Å². The Bertz CT molecular complexity index is 1540. The van der Waals surface area contributed by atoms with E-state index in [1.165, 1.54) is 28.7 Å². The van der Waals surface area contributed by atoms with Crippen LogP contribution < -0.4 is 10.5 Å². The van der Waals surface area contributed by atoms with Crippen LogP contribution in [0.3, 0.4) is 0 Å². The molecule has 1 aliphatic rings. The molecule has 5 rings (SSSR count). The minimum atomic E-state index is -0.448. The molecule has 7 nitrogen and oxygen atoms in total. The predicted molar refractivity (Wildman–Crippen MR) is 153 cm³/mol. The fourth-order valence-corrected chi connectivity index (χ4v) is 6.80. The molecular weight excluding hydrogens is 518 g/mol. The molecule has 9 heteroatoms. The number of rotatable bonds is 8. The number of thioether (sulfide) groups is 1. The lowest BCUT2D eigenvalue weighted by atomic mass is 10.0. The second-order valence-electron chi connectivity index (χ2n) is 9.11. The number of hydrogen-bond donors (Lipinski definition) is 0. The average molecular weight is 548 g/mol. The van der Waals surface area contributed by atoms with Gasteiger partial charge >= 0.3 is 5.97 Å². The fraction of sp³-hybridized carbons (Fsp3) is 0.310. The van der Waals surface area contributed by atoms with E-state index >= 15 is 0 Å². The summed E-state index contributed by atoms with van der Waals surface area (Å²) in [5, 5.41) is 0.917. The van der Waals surface area contributed by atoms with Crippen molar-refractivity contribution in [2.45, 2.75) is 44.8 Å². The number of para-hydroxylation sites is 1. The van der Waals surface area contributed by atoms with Crippen molar-refractivity contribution >= 4 is 50.9 Å². The predicted octanol–water partition coefficient (Wildman–Crippen LogP) is 5.26. The van der Waals surface area contributed by atoms with Gasteiger partial charge in [0.05, 0.1) is 17.7 Å². The van der Waals surface area contributed by atoms with Crippen LogP contribution in [0.2, 0.25) is 0 Å². The van der Waals surface area contributed by atoms with Gasteiger partial charge in [0.25, 0.3) is 5.56 Å². The van der Waals surface area contributed by atoms with E-state index in [9.17, 15) is 14.4 Å². The van der Waals surface area contributed by atoms with Crippen molar-refractivity contribution in [2.24, 2.45) is 0 Å². The quantitative estimate of drug-likeness (QED) is 0.170. The van der Waals surface area contributed by atoms with Gasteiger partial charge < -0.3 is 9.64 Å². The third-order valence-electron chi connectivity index (χ3n) is 6.68. The Morgan fingerprint density at radius 2 is 1.87 bits per heavy atom. The van der Waals surface area contributed by atoms with Crippen molar-refractivity contribution in [3.05, 3.63) is 86.5 Å². The Labute approximate surface area is 229 Å². The van der Waals surface area contributed by atoms with E-state index in [4.69, 9.17) is 9.72 Å². The molecule has 38 heavy (non-hydrogen) atoms. The van der Waals surface area contributed by atoms with E-state index < -0.39 is 5.97 Å². The lowest BCUT2D eigenvalue weighted by Gasteiger charge is -2.29. The van der Waals surface area contributed by atoms with Crippen LogP contribution in [0, 0.1) is 6.92 Å². The topological polar surface area (TPSA) is 81.5 Å². The first-order chi connectivity index (χ1) is 18.5. The third-order valence-corrected chi connectivity index (χ3v) is 8.81. The molecule has 0 saturated heterocycles. The molecule has 3 heterocycles. The van der Waals surface area contributed by atoms with Gasteiger partial charge in [-0.05, 0) is 55.9 Å². The highest BCUT2D eigenvalue weighted by Crippen LogP contribution is 2.31. The van der Waals surface area contributed by atoms with Gasteiger partial charge in [0.2, 0.25) is 5.91 Å². The summed E-state index contributed by atoms with van der Waals surface area (Å²) in [6.07, 6.45) is 2.53. The summed E-state index contributed by atoms with van der Waals surface area (Å²) in [6, 6.07) is 18.0. The van der Waals surface area contributed by atoms with Gasteiger partial charge in [0.15, 0.2) is 5.16 Å². The Morgan fingerprint density at radius 3 is 2.66 bits per heavy atom. The van der Waals surface area contributed by atoms with Gasteiger partial charge in [-0.15, -0.1) is 11.3 Å². The molecule has 0 fully saturated rings. The van der Waals surface area contributed by atoms with Gasteiger partial charge in [0, 0.05) is 18.8 Å². The normalized spacial score (nSPS) is 12.9. The monoisotopic (exact) mass is 547 g/mol. The lowest BCUT2D eigenvalue weighted by Crippen LogP contribution is -2.36. The number of esters is 1. The van der Waals surface area contributed by atoms with Crippen LogP contribution in [-0.2, 0) is 28.9 Å². The van der Waals surface area contributed by atoms with Gasteiger partial charge in [0.1, 0.15) is 9.71 Å². The van der Waals surface area contributed by atoms with Gasteiger partial charge in [-0.25, -0.2) is 9.78 Å². The standard InChI is InChI=1S/C29H29N3O4S2/c1-3-36-28(35)25-19(2)24-26(38-25)30-29(32(27(24)34)17-15-20-10-5-4-6-11-20)37-18-23(33)31-16-9-13-21-12-7-8-14-22(21)31/h4-8,10-12,14H,3,9,13,15-18H2,1-2H3. The Hall–Kier alpha value is -3.43. The summed E-state index contributed by atoms with van der Waals surface area (Å²) in [5.74, 6) is -0.302. The van der Waals surface area contributed by atoms with Crippen LogP contribution in [0.4, 0.5) is 5.69 Å². The first-order valence-electron chi connectivity index (χ1n) is 12.7. The van der Waals surface area contributed by atoms with Gasteiger partial charge in [-0.3, -0.25) is 14.2 Å². The summed E-state index contributed by atoms with van der Waals surface area (Å²) < 4.78 is 6.84. The number of carbonyl (C=O) groups excluding carboxylic acids is 2. The van der Waals surface area contributed by atoms with Crippen molar-refractivity contribution in [1.29, 1.82) is 0 Å². The lowest BCUT2D eigenvalue weighted by molar-refractivity contribution is -0.116. The van der Waals surface area contributed by atoms with Crippen LogP contribution in [-0.4, -0.2) is 40.3 Å². The number of hydrogen-bond acceptors (Lipinski definition) is 7. The highest BCUT2D eigenvalue weighted by atomic mass is 32.2. The SMILES string of the molecule is CCOC(=O)c1sc2nc(SCC(=O)N3CCCc4ccccc43)n(CCc3ccccc3)c(=O)c2c1C. The van der Waals surface area contributed by atoms with E-state index in [1.807, 2.05) is 53.4 Å². The highest BCUT2D eigenvalue weighted by molar-refractivity contribution is 7.99. The maximum atomic E-state index is 13.8. The third kappa shape index (κ3) is 5.26. The summed E-state index contributed by atoms with van der Waals surface area (Å²) in [6.45, 7) is 4.86. The molecule has 2 aromatic heterocycles. The molecular formula is C29H29N3O4S2. The molecule has 2 aromatic carbocycles. The van der Waals surface area contributed by atoms with E-state index in [2.05, 4.69) is 6.07 Å². The van der Waals surface area contributed by atoms with E-state index in [0.29, 0.717) is 45.3 Å². The number of aromatic nitrogens is 2. The Balaban J connectivity index is 1.48. The van der Waals surface area contributed by atoms with Crippen LogP contribution in [0.5, 0.6) is 0 Å². The van der Waals surface area contributed by atoms with Crippen LogP contribution >= 0.6 is 23.1 Å². The summed E-state index contributed by atoms with van der Waals surface area (Å²) in [4.78, 5) is 47.1. The minimum absolute atomic E-state index is 0.0133. The second kappa shape index (κ2) is 11.5. The van der Waals surface area contributed by atoms with Crippen molar-refractivity contribution < 1.29 is 14.3 Å². The molecule has 0 N–H and O–H groups in total. The number of anilines is 1. The highest BCUT2D eigenvalue weighted by Gasteiger charge is 2.25. The van der Waals surface area contributed by atoms with Crippen LogP contribution in [0.25, 0.3) is 10.2 Å². The summed E-state index contributed by atoms with van der Waals surface area (Å²) >= 11 is 2.44. The first kappa shape index (κ1) is 26.2. The number of benzene rings is 2. The van der Waals surface area contributed by atoms with Gasteiger partial charge in [-0.1, -0.05) is 60.3 Å². The number of thiophene rings is 1. The minimum Gasteiger partial charge on any atom is -0.462 e. The molecule has 0 spiro atoms. The largest absolute Gasteiger partial charge is 0.462 e. The molecule has 1 aliphatic heterocycles. The van der Waals surface area contributed by atoms with Crippen LogP contribution in [0.15, 0.2) is 64.5 Å². The molecule has 0 unspecified atom stereocenters. The van der Waals surface area contributed by atoms with E-state index in [1.54, 1.807) is 18.4 Å². The number of fused-ring (bicyclic) bond motifs is 2. The maximum absolute atomic E-state index is 13.8. The first-order valence-corrected chi connectivity index (χ1v) is 14.5. The molecule has 0 atom stereocenters. The molecule has 4 aromatic rings. The zero-order chi connectivity index (χ0) is 26.6. The number of ether oxygens (including phenoxy) is 1. The zero-order valence-corrected chi connectivity index (χ0v) is 23.1. The number of aryl methyl sites for hydroxylation is 3. The molecule has 0 radical (unpaired) electrons. The molecule has 0 bridgehead atoms. The van der Waals surface area contributed by atoms with Crippen LogP contribution in [0.1, 0.15) is 39.7 Å².